The number of nitrogens with zero attached hydrogens (tertiary/aromatic N) is 5. The van der Waals surface area contributed by atoms with Gasteiger partial charge in [0.25, 0.3) is 6.43 Å². The number of imidazole rings is 1. The van der Waals surface area contributed by atoms with Crippen LogP contribution in [0, 0.1) is 5.92 Å². The number of carbonyl (C=O) groups excluding carboxylic acids is 1. The maximum atomic E-state index is 14.2. The minimum absolute atomic E-state index is 0.105. The minimum Gasteiger partial charge on any atom is -0.474 e. The fourth-order valence-corrected chi connectivity index (χ4v) is 7.01. The summed E-state index contributed by atoms with van der Waals surface area (Å²) in [4.78, 5) is 28.2. The largest absolute Gasteiger partial charge is 0.474 e. The Bertz CT molecular complexity index is 1460. The van der Waals surface area contributed by atoms with Crippen molar-refractivity contribution in [3.05, 3.63) is 36.2 Å². The maximum absolute atomic E-state index is 14.2. The number of ether oxygens (including phenoxy) is 2. The molecule has 0 radical (unpaired) electrons. The highest BCUT2D eigenvalue weighted by Crippen LogP contribution is 2.34. The molecule has 1 saturated heterocycles. The summed E-state index contributed by atoms with van der Waals surface area (Å²) >= 11 is 0. The SMILES string of the molecule is CC1(O)CCC(CCCCC(=O)NC2CCC(Oc3cc(-n4c(C(F)F)nc5ccccc54)nc(N4CCOCC4)n3)CC2)CC1. The van der Waals surface area contributed by atoms with Crippen molar-refractivity contribution < 1.29 is 28.2 Å². The number of aliphatic hydroxyl groups is 1. The number of amides is 1. The van der Waals surface area contributed by atoms with Crippen LogP contribution < -0.4 is 15.0 Å². The molecule has 1 amide bonds. The van der Waals surface area contributed by atoms with Crippen molar-refractivity contribution in [1.29, 1.82) is 0 Å². The summed E-state index contributed by atoms with van der Waals surface area (Å²) < 4.78 is 41.6. The van der Waals surface area contributed by atoms with Gasteiger partial charge in [0.05, 0.1) is 29.8 Å². The van der Waals surface area contributed by atoms with E-state index < -0.39 is 12.0 Å². The Hall–Kier alpha value is -3.38. The summed E-state index contributed by atoms with van der Waals surface area (Å²) in [5.74, 6) is 1.42. The Morgan fingerprint density at radius 3 is 2.54 bits per heavy atom. The van der Waals surface area contributed by atoms with E-state index in [0.29, 0.717) is 61.5 Å². The summed E-state index contributed by atoms with van der Waals surface area (Å²) in [5, 5.41) is 13.4. The maximum Gasteiger partial charge on any atom is 0.296 e. The van der Waals surface area contributed by atoms with Crippen LogP contribution in [0.15, 0.2) is 30.3 Å². The highest BCUT2D eigenvalue weighted by atomic mass is 19.3. The highest BCUT2D eigenvalue weighted by molar-refractivity contribution is 5.78. The van der Waals surface area contributed by atoms with Gasteiger partial charge in [0, 0.05) is 31.6 Å². The lowest BCUT2D eigenvalue weighted by atomic mass is 9.78. The number of benzene rings is 1. The second-order valence-corrected chi connectivity index (χ2v) is 13.4. The minimum atomic E-state index is -2.79. The topological polar surface area (TPSA) is 115 Å². The molecule has 46 heavy (non-hydrogen) atoms. The number of para-hydroxylation sites is 2. The van der Waals surface area contributed by atoms with Crippen LogP contribution in [-0.2, 0) is 9.53 Å². The van der Waals surface area contributed by atoms with E-state index >= 15 is 0 Å². The summed E-state index contributed by atoms with van der Waals surface area (Å²) in [6.45, 7) is 4.16. The number of unbranched alkanes of at least 4 members (excludes halogenated alkanes) is 1. The van der Waals surface area contributed by atoms with Crippen molar-refractivity contribution in [2.75, 3.05) is 31.2 Å². The molecule has 0 unspecified atom stereocenters. The molecule has 0 spiro atoms. The van der Waals surface area contributed by atoms with Crippen molar-refractivity contribution >= 4 is 22.9 Å². The van der Waals surface area contributed by atoms with Gasteiger partial charge in [-0.15, -0.1) is 0 Å². The van der Waals surface area contributed by atoms with Gasteiger partial charge < -0.3 is 24.8 Å². The van der Waals surface area contributed by atoms with Gasteiger partial charge in [-0.2, -0.15) is 9.97 Å². The number of anilines is 1. The Kier molecular flexibility index (Phi) is 10.3. The van der Waals surface area contributed by atoms with E-state index in [1.807, 2.05) is 11.8 Å². The van der Waals surface area contributed by atoms with E-state index in [2.05, 4.69) is 10.3 Å². The number of morpholine rings is 1. The van der Waals surface area contributed by atoms with Crippen molar-refractivity contribution in [3.63, 3.8) is 0 Å². The fraction of sp³-hybridized carbons (Fsp3) is 0.647. The van der Waals surface area contributed by atoms with E-state index in [4.69, 9.17) is 19.4 Å². The van der Waals surface area contributed by atoms with Gasteiger partial charge in [-0.1, -0.05) is 25.0 Å². The first-order valence-corrected chi connectivity index (χ1v) is 16.9. The van der Waals surface area contributed by atoms with Crippen LogP contribution in [0.25, 0.3) is 16.9 Å². The molecule has 2 aliphatic carbocycles. The molecular formula is C34H46F2N6O4. The molecule has 2 aromatic heterocycles. The van der Waals surface area contributed by atoms with Crippen molar-refractivity contribution in [2.24, 2.45) is 5.92 Å². The van der Waals surface area contributed by atoms with Crippen LogP contribution in [0.3, 0.4) is 0 Å². The number of rotatable bonds is 11. The zero-order valence-corrected chi connectivity index (χ0v) is 26.7. The highest BCUT2D eigenvalue weighted by Gasteiger charge is 2.29. The Balaban J connectivity index is 1.05. The van der Waals surface area contributed by atoms with Gasteiger partial charge in [-0.3, -0.25) is 9.36 Å². The van der Waals surface area contributed by atoms with Crippen molar-refractivity contribution in [1.82, 2.24) is 24.8 Å². The van der Waals surface area contributed by atoms with Gasteiger partial charge in [0.2, 0.25) is 17.7 Å². The molecule has 6 rings (SSSR count). The molecule has 0 bridgehead atoms. The summed E-state index contributed by atoms with van der Waals surface area (Å²) in [7, 11) is 0. The number of hydrogen-bond acceptors (Lipinski definition) is 8. The van der Waals surface area contributed by atoms with E-state index in [-0.39, 0.29) is 29.7 Å². The monoisotopic (exact) mass is 640 g/mol. The summed E-state index contributed by atoms with van der Waals surface area (Å²) in [6, 6.07) is 8.76. The first-order chi connectivity index (χ1) is 22.2. The van der Waals surface area contributed by atoms with Gasteiger partial charge in [-0.25, -0.2) is 13.8 Å². The molecule has 250 valence electrons. The van der Waals surface area contributed by atoms with Crippen LogP contribution in [0.4, 0.5) is 14.7 Å². The lowest BCUT2D eigenvalue weighted by Gasteiger charge is -2.33. The van der Waals surface area contributed by atoms with Crippen molar-refractivity contribution in [2.45, 2.75) is 108 Å². The third-order valence-corrected chi connectivity index (χ3v) is 9.76. The first kappa shape index (κ1) is 32.6. The van der Waals surface area contributed by atoms with E-state index in [1.165, 1.54) is 4.57 Å². The lowest BCUT2D eigenvalue weighted by molar-refractivity contribution is -0.122. The van der Waals surface area contributed by atoms with Crippen LogP contribution in [0.2, 0.25) is 0 Å². The Morgan fingerprint density at radius 1 is 1.07 bits per heavy atom. The number of fused-ring (bicyclic) bond motifs is 1. The Labute approximate surface area is 268 Å². The number of aromatic nitrogens is 4. The molecule has 1 aliphatic heterocycles. The van der Waals surface area contributed by atoms with Crippen LogP contribution >= 0.6 is 0 Å². The molecule has 1 aromatic carbocycles. The summed E-state index contributed by atoms with van der Waals surface area (Å²) in [5.41, 5.74) is 0.502. The molecule has 12 heteroatoms. The standard InChI is InChI=1S/C34H46F2N6O4/c1-34(44)16-14-23(15-17-34)6-2-5-9-29(43)37-24-10-12-25(13-11-24)46-30-22-28(39-33(40-30)41-18-20-45-21-19-41)42-27-8-4-3-7-26(27)38-32(42)31(35)36/h3-4,7-8,22-25,31,44H,2,5-6,9-21H2,1H3,(H,37,43). The zero-order chi connectivity index (χ0) is 32.1. The number of halogens is 2. The third-order valence-electron chi connectivity index (χ3n) is 9.76. The van der Waals surface area contributed by atoms with Crippen molar-refractivity contribution in [3.8, 4) is 11.7 Å². The number of alkyl halides is 2. The van der Waals surface area contributed by atoms with Gasteiger partial charge in [-0.05, 0) is 82.8 Å². The first-order valence-electron chi connectivity index (χ1n) is 16.9. The molecule has 3 aromatic rings. The predicted molar refractivity (Wildman–Crippen MR) is 171 cm³/mol. The predicted octanol–water partition coefficient (Wildman–Crippen LogP) is 5.90. The molecular weight excluding hydrogens is 594 g/mol. The number of nitrogens with one attached hydrogen (secondary N) is 1. The third kappa shape index (κ3) is 8.12. The van der Waals surface area contributed by atoms with E-state index in [9.17, 15) is 18.7 Å². The number of hydrogen-bond donors (Lipinski definition) is 2. The smallest absolute Gasteiger partial charge is 0.296 e. The normalized spacial score (nSPS) is 25.6. The lowest BCUT2D eigenvalue weighted by Crippen LogP contribution is -2.40. The quantitative estimate of drug-likeness (QED) is 0.249. The molecule has 3 heterocycles. The average molecular weight is 641 g/mol. The second kappa shape index (κ2) is 14.6. The Morgan fingerprint density at radius 2 is 1.80 bits per heavy atom. The average Bonchev–Trinajstić information content (AvgIpc) is 3.45. The van der Waals surface area contributed by atoms with E-state index in [1.54, 1.807) is 30.3 Å². The molecule has 2 N–H and O–H groups in total. The van der Waals surface area contributed by atoms with Crippen LogP contribution in [0.5, 0.6) is 5.88 Å². The molecule has 2 saturated carbocycles. The van der Waals surface area contributed by atoms with Gasteiger partial charge >= 0.3 is 0 Å². The fourth-order valence-electron chi connectivity index (χ4n) is 7.01. The zero-order valence-electron chi connectivity index (χ0n) is 26.7. The molecule has 3 fully saturated rings. The van der Waals surface area contributed by atoms with Gasteiger partial charge in [0.15, 0.2) is 5.82 Å². The van der Waals surface area contributed by atoms with Gasteiger partial charge in [0.1, 0.15) is 11.9 Å². The number of carbonyl (C=O) groups is 1. The molecule has 0 atom stereocenters. The van der Waals surface area contributed by atoms with Crippen LogP contribution in [-0.4, -0.2) is 74.6 Å². The molecule has 3 aliphatic rings. The van der Waals surface area contributed by atoms with Crippen LogP contribution in [0.1, 0.15) is 96.2 Å². The second-order valence-electron chi connectivity index (χ2n) is 13.4. The van der Waals surface area contributed by atoms with E-state index in [0.717, 1.165) is 70.6 Å². The molecule has 10 nitrogen and oxygen atoms in total. The summed E-state index contributed by atoms with van der Waals surface area (Å²) in [6.07, 6.45) is 7.69.